The van der Waals surface area contributed by atoms with E-state index < -0.39 is 0 Å². The molecule has 0 saturated heterocycles. The summed E-state index contributed by atoms with van der Waals surface area (Å²) in [6, 6.07) is 8.40. The number of allylic oxidation sites excluding steroid dienone is 7. The molecule has 0 amide bonds. The quantitative estimate of drug-likeness (QED) is 0.677. The minimum absolute atomic E-state index is 1.10. The molecule has 0 fully saturated rings. The number of rotatable bonds is 2. The SMILES string of the molecule is C/C=C\C=C/NC.C=C1/C=C(C)\C(C)=C/Sc2ccccc21. The zero-order valence-electron chi connectivity index (χ0n) is 13.9. The van der Waals surface area contributed by atoms with Crippen molar-refractivity contribution in [1.29, 1.82) is 0 Å². The molecule has 0 aromatic heterocycles. The molecule has 116 valence electrons. The van der Waals surface area contributed by atoms with Crippen LogP contribution in [0.4, 0.5) is 0 Å². The molecule has 1 N–H and O–H groups in total. The number of nitrogens with one attached hydrogen (secondary N) is 1. The van der Waals surface area contributed by atoms with Crippen LogP contribution < -0.4 is 5.32 Å². The van der Waals surface area contributed by atoms with Crippen LogP contribution in [0.2, 0.25) is 0 Å². The molecule has 0 spiro atoms. The van der Waals surface area contributed by atoms with Gasteiger partial charge in [-0.2, -0.15) is 0 Å². The van der Waals surface area contributed by atoms with Crippen molar-refractivity contribution in [2.24, 2.45) is 0 Å². The largest absolute Gasteiger partial charge is 0.394 e. The molecular formula is C20H25NS. The average Bonchev–Trinajstić information content (AvgIpc) is 2.53. The molecule has 1 aromatic carbocycles. The molecule has 1 aliphatic rings. The molecule has 0 aliphatic carbocycles. The Morgan fingerprint density at radius 1 is 1.09 bits per heavy atom. The highest BCUT2D eigenvalue weighted by atomic mass is 32.2. The summed E-state index contributed by atoms with van der Waals surface area (Å²) in [5, 5.41) is 5.08. The van der Waals surface area contributed by atoms with E-state index in [1.807, 2.05) is 38.4 Å². The number of hydrogen-bond acceptors (Lipinski definition) is 2. The predicted molar refractivity (Wildman–Crippen MR) is 102 cm³/mol. The van der Waals surface area contributed by atoms with E-state index in [1.165, 1.54) is 21.6 Å². The van der Waals surface area contributed by atoms with E-state index in [0.717, 1.165) is 5.57 Å². The molecule has 0 bridgehead atoms. The first-order valence-electron chi connectivity index (χ1n) is 7.35. The summed E-state index contributed by atoms with van der Waals surface area (Å²) >= 11 is 1.77. The molecule has 1 nitrogen and oxygen atoms in total. The Bertz CT molecular complexity index is 618. The van der Waals surface area contributed by atoms with E-state index in [9.17, 15) is 0 Å². The van der Waals surface area contributed by atoms with Gasteiger partial charge in [0.25, 0.3) is 0 Å². The Kier molecular flexibility index (Phi) is 8.16. The van der Waals surface area contributed by atoms with Crippen LogP contribution in [0, 0.1) is 0 Å². The van der Waals surface area contributed by atoms with Crippen LogP contribution in [0.3, 0.4) is 0 Å². The van der Waals surface area contributed by atoms with Crippen LogP contribution in [0.5, 0.6) is 0 Å². The second-order valence-electron chi connectivity index (χ2n) is 4.94. The lowest BCUT2D eigenvalue weighted by molar-refractivity contribution is 1.10. The van der Waals surface area contributed by atoms with Gasteiger partial charge in [-0.25, -0.2) is 0 Å². The van der Waals surface area contributed by atoms with Gasteiger partial charge in [0, 0.05) is 11.9 Å². The van der Waals surface area contributed by atoms with Crippen LogP contribution >= 0.6 is 11.8 Å². The molecule has 0 radical (unpaired) electrons. The van der Waals surface area contributed by atoms with Crippen molar-refractivity contribution < 1.29 is 0 Å². The number of benzene rings is 1. The Morgan fingerprint density at radius 3 is 2.50 bits per heavy atom. The van der Waals surface area contributed by atoms with Crippen LogP contribution in [0.25, 0.3) is 5.57 Å². The summed E-state index contributed by atoms with van der Waals surface area (Å²) in [4.78, 5) is 1.28. The minimum Gasteiger partial charge on any atom is -0.394 e. The molecule has 2 rings (SSSR count). The Balaban J connectivity index is 0.000000295. The molecule has 1 aromatic rings. The van der Waals surface area contributed by atoms with Gasteiger partial charge in [0.15, 0.2) is 0 Å². The second kappa shape index (κ2) is 9.91. The van der Waals surface area contributed by atoms with Gasteiger partial charge in [-0.1, -0.05) is 54.8 Å². The number of thioether (sulfide) groups is 1. The minimum atomic E-state index is 1.10. The first kappa shape index (κ1) is 18.1. The van der Waals surface area contributed by atoms with Crippen molar-refractivity contribution in [1.82, 2.24) is 5.32 Å². The molecule has 1 aliphatic heterocycles. The van der Waals surface area contributed by atoms with Crippen LogP contribution in [-0.2, 0) is 0 Å². The molecular weight excluding hydrogens is 286 g/mol. The van der Waals surface area contributed by atoms with Gasteiger partial charge in [-0.3, -0.25) is 0 Å². The summed E-state index contributed by atoms with van der Waals surface area (Å²) < 4.78 is 0. The fourth-order valence-corrected chi connectivity index (χ4v) is 2.77. The van der Waals surface area contributed by atoms with E-state index in [0.29, 0.717) is 0 Å². The van der Waals surface area contributed by atoms with E-state index >= 15 is 0 Å². The van der Waals surface area contributed by atoms with Crippen molar-refractivity contribution in [3.05, 3.63) is 83.5 Å². The van der Waals surface area contributed by atoms with E-state index in [1.54, 1.807) is 11.8 Å². The van der Waals surface area contributed by atoms with Crippen molar-refractivity contribution >= 4 is 17.3 Å². The third-order valence-electron chi connectivity index (χ3n) is 3.17. The summed E-state index contributed by atoms with van der Waals surface area (Å²) in [7, 11) is 1.88. The van der Waals surface area contributed by atoms with Crippen molar-refractivity contribution in [2.45, 2.75) is 25.7 Å². The van der Waals surface area contributed by atoms with Crippen LogP contribution in [-0.4, -0.2) is 7.05 Å². The summed E-state index contributed by atoms with van der Waals surface area (Å²) in [5.74, 6) is 0. The van der Waals surface area contributed by atoms with Gasteiger partial charge in [0.2, 0.25) is 0 Å². The number of hydrogen-bond donors (Lipinski definition) is 1. The maximum atomic E-state index is 4.13. The lowest BCUT2D eigenvalue weighted by atomic mass is 10.0. The summed E-state index contributed by atoms with van der Waals surface area (Å²) in [5.41, 5.74) is 4.95. The van der Waals surface area contributed by atoms with E-state index in [4.69, 9.17) is 0 Å². The van der Waals surface area contributed by atoms with Gasteiger partial charge in [-0.05, 0) is 66.8 Å². The average molecular weight is 311 g/mol. The lowest BCUT2D eigenvalue weighted by Gasteiger charge is -2.12. The molecule has 0 saturated carbocycles. The highest BCUT2D eigenvalue weighted by Crippen LogP contribution is 2.33. The summed E-state index contributed by atoms with van der Waals surface area (Å²) in [6.45, 7) is 10.4. The highest BCUT2D eigenvalue weighted by Gasteiger charge is 2.07. The zero-order chi connectivity index (χ0) is 16.4. The van der Waals surface area contributed by atoms with Crippen LogP contribution in [0.15, 0.2) is 82.8 Å². The molecule has 1 heterocycles. The Hall–Kier alpha value is -1.93. The topological polar surface area (TPSA) is 12.0 Å². The monoisotopic (exact) mass is 311 g/mol. The Morgan fingerprint density at radius 2 is 1.82 bits per heavy atom. The molecule has 22 heavy (non-hydrogen) atoms. The third kappa shape index (κ3) is 5.82. The predicted octanol–water partition coefficient (Wildman–Crippen LogP) is 5.95. The maximum absolute atomic E-state index is 4.13. The second-order valence-corrected chi connectivity index (χ2v) is 5.85. The number of fused-ring (bicyclic) bond motifs is 1. The van der Waals surface area contributed by atoms with Crippen molar-refractivity contribution in [2.75, 3.05) is 7.05 Å². The first-order valence-corrected chi connectivity index (χ1v) is 8.23. The van der Waals surface area contributed by atoms with E-state index in [2.05, 4.69) is 61.5 Å². The fraction of sp³-hybridized carbons (Fsp3) is 0.200. The smallest absolute Gasteiger partial charge is 0.0194 e. The highest BCUT2D eigenvalue weighted by molar-refractivity contribution is 8.02. The van der Waals surface area contributed by atoms with Gasteiger partial charge in [0.1, 0.15) is 0 Å². The maximum Gasteiger partial charge on any atom is 0.0194 e. The zero-order valence-corrected chi connectivity index (χ0v) is 14.7. The van der Waals surface area contributed by atoms with Gasteiger partial charge >= 0.3 is 0 Å². The molecule has 0 unspecified atom stereocenters. The van der Waals surface area contributed by atoms with Crippen molar-refractivity contribution in [3.8, 4) is 0 Å². The summed E-state index contributed by atoms with van der Waals surface area (Å²) in [6.07, 6.45) is 9.93. The van der Waals surface area contributed by atoms with Gasteiger partial charge in [0.05, 0.1) is 0 Å². The third-order valence-corrected chi connectivity index (χ3v) is 4.26. The Labute approximate surface area is 139 Å². The molecule has 0 atom stereocenters. The fourth-order valence-electron chi connectivity index (χ4n) is 1.80. The first-order chi connectivity index (χ1) is 10.6. The lowest BCUT2D eigenvalue weighted by Crippen LogP contribution is -1.89. The van der Waals surface area contributed by atoms with E-state index in [-0.39, 0.29) is 0 Å². The normalized spacial score (nSPS) is 19.2. The van der Waals surface area contributed by atoms with Crippen molar-refractivity contribution in [3.63, 3.8) is 0 Å². The molecule has 2 heteroatoms. The van der Waals surface area contributed by atoms with Gasteiger partial charge in [-0.15, -0.1) is 0 Å². The van der Waals surface area contributed by atoms with Crippen LogP contribution in [0.1, 0.15) is 26.3 Å². The van der Waals surface area contributed by atoms with Gasteiger partial charge < -0.3 is 5.32 Å². The standard InChI is InChI=1S/C14H14S.C6H11N/c1-10-8-11(2)13-6-4-5-7-14(13)15-9-12(10)3;1-3-4-5-6-7-2/h4-9H,2H2,1,3H3;3-7H,1-2H3/b10-8-,12-9-;4-3-,6-5-.